The molecule has 5 heteroatoms. The number of hydrogen-bond donors (Lipinski definition) is 2. The van der Waals surface area contributed by atoms with Gasteiger partial charge in [-0.3, -0.25) is 4.98 Å². The highest BCUT2D eigenvalue weighted by molar-refractivity contribution is 5.09. The van der Waals surface area contributed by atoms with E-state index in [0.717, 1.165) is 6.07 Å². The summed E-state index contributed by atoms with van der Waals surface area (Å²) in [7, 11) is 0. The number of aromatic nitrogens is 1. The van der Waals surface area contributed by atoms with Crippen LogP contribution in [0.4, 0.5) is 8.78 Å². The largest absolute Gasteiger partial charge is 0.356 e. The lowest BCUT2D eigenvalue weighted by Gasteiger charge is -2.18. The molecule has 0 aliphatic heterocycles. The minimum Gasteiger partial charge on any atom is -0.356 e. The summed E-state index contributed by atoms with van der Waals surface area (Å²) in [6, 6.07) is 4.00. The molecule has 0 aliphatic carbocycles. The van der Waals surface area contributed by atoms with Crippen LogP contribution in [0.2, 0.25) is 0 Å². The highest BCUT2D eigenvalue weighted by Crippen LogP contribution is 2.22. The summed E-state index contributed by atoms with van der Waals surface area (Å²) in [5.41, 5.74) is -0.458. The van der Waals surface area contributed by atoms with Crippen molar-refractivity contribution >= 4 is 0 Å². The zero-order chi connectivity index (χ0) is 9.19. The monoisotopic (exact) mass is 175 g/mol. The fraction of sp³-hybridized carbons (Fsp3) is 0.286. The maximum atomic E-state index is 12.0. The van der Waals surface area contributed by atoms with Gasteiger partial charge in [-0.1, -0.05) is 6.07 Å². The van der Waals surface area contributed by atoms with E-state index in [4.69, 9.17) is 10.2 Å². The number of hydrogen-bond acceptors (Lipinski definition) is 3. The SMILES string of the molecule is OC(O)(c1ccccn1)C(F)F. The van der Waals surface area contributed by atoms with Crippen molar-refractivity contribution in [3.63, 3.8) is 0 Å². The standard InChI is InChI=1S/C7H7F2NO2/c8-6(9)7(11,12)5-3-1-2-4-10-5/h1-4,6,11-12H. The average Bonchev–Trinajstić information content (AvgIpc) is 2.06. The van der Waals surface area contributed by atoms with Gasteiger partial charge in [0.05, 0.1) is 0 Å². The molecule has 0 saturated carbocycles. The summed E-state index contributed by atoms with van der Waals surface area (Å²) >= 11 is 0. The number of alkyl halides is 2. The van der Waals surface area contributed by atoms with Crippen LogP contribution in [0.3, 0.4) is 0 Å². The van der Waals surface area contributed by atoms with Gasteiger partial charge in [0, 0.05) is 6.20 Å². The quantitative estimate of drug-likeness (QED) is 0.643. The molecule has 0 bridgehead atoms. The Morgan fingerprint density at radius 3 is 2.42 bits per heavy atom. The Morgan fingerprint density at radius 2 is 2.00 bits per heavy atom. The lowest BCUT2D eigenvalue weighted by atomic mass is 10.2. The molecule has 12 heavy (non-hydrogen) atoms. The summed E-state index contributed by atoms with van der Waals surface area (Å²) in [5, 5.41) is 17.6. The lowest BCUT2D eigenvalue weighted by Crippen LogP contribution is -2.34. The van der Waals surface area contributed by atoms with Gasteiger partial charge < -0.3 is 10.2 Å². The Morgan fingerprint density at radius 1 is 1.33 bits per heavy atom. The first kappa shape index (κ1) is 9.02. The molecule has 0 radical (unpaired) electrons. The summed E-state index contributed by atoms with van der Waals surface area (Å²) in [6.45, 7) is 0. The molecular formula is C7H7F2NO2. The van der Waals surface area contributed by atoms with E-state index in [1.807, 2.05) is 0 Å². The number of halogens is 2. The van der Waals surface area contributed by atoms with Gasteiger partial charge in [0.25, 0.3) is 12.2 Å². The van der Waals surface area contributed by atoms with Crippen molar-refractivity contribution in [3.8, 4) is 0 Å². The molecule has 1 heterocycles. The van der Waals surface area contributed by atoms with Crippen LogP contribution in [-0.4, -0.2) is 21.6 Å². The van der Waals surface area contributed by atoms with Gasteiger partial charge in [0.15, 0.2) is 0 Å². The topological polar surface area (TPSA) is 53.4 Å². The second-order valence-electron chi connectivity index (χ2n) is 2.24. The second kappa shape index (κ2) is 3.12. The normalized spacial score (nSPS) is 12.1. The second-order valence-corrected chi connectivity index (χ2v) is 2.24. The molecule has 0 aliphatic rings. The van der Waals surface area contributed by atoms with Crippen LogP contribution >= 0.6 is 0 Å². The van der Waals surface area contributed by atoms with Crippen molar-refractivity contribution in [2.75, 3.05) is 0 Å². The fourth-order valence-electron chi connectivity index (χ4n) is 0.692. The smallest absolute Gasteiger partial charge is 0.297 e. The van der Waals surface area contributed by atoms with Crippen LogP contribution in [0.25, 0.3) is 0 Å². The van der Waals surface area contributed by atoms with Gasteiger partial charge in [-0.05, 0) is 12.1 Å². The van der Waals surface area contributed by atoms with Gasteiger partial charge >= 0.3 is 0 Å². The van der Waals surface area contributed by atoms with Crippen molar-refractivity contribution in [1.82, 2.24) is 4.98 Å². The molecule has 2 N–H and O–H groups in total. The summed E-state index contributed by atoms with van der Waals surface area (Å²) in [6.07, 6.45) is -2.06. The van der Waals surface area contributed by atoms with E-state index in [-0.39, 0.29) is 0 Å². The maximum Gasteiger partial charge on any atom is 0.297 e. The summed E-state index contributed by atoms with van der Waals surface area (Å²) < 4.78 is 23.9. The molecule has 0 aromatic carbocycles. The summed E-state index contributed by atoms with van der Waals surface area (Å²) in [5.74, 6) is -3.15. The Kier molecular flexibility index (Phi) is 2.35. The fourth-order valence-corrected chi connectivity index (χ4v) is 0.692. The number of nitrogens with zero attached hydrogens (tertiary/aromatic N) is 1. The van der Waals surface area contributed by atoms with Crippen LogP contribution in [-0.2, 0) is 5.79 Å². The van der Waals surface area contributed by atoms with Gasteiger partial charge in [-0.25, -0.2) is 8.78 Å². The minimum absolute atomic E-state index is 0.458. The van der Waals surface area contributed by atoms with Crippen LogP contribution in [0.1, 0.15) is 5.69 Å². The van der Waals surface area contributed by atoms with Crippen LogP contribution in [0, 0.1) is 0 Å². The molecule has 1 aromatic rings. The van der Waals surface area contributed by atoms with Gasteiger partial charge in [-0.15, -0.1) is 0 Å². The number of rotatable bonds is 2. The van der Waals surface area contributed by atoms with E-state index in [2.05, 4.69) is 4.98 Å². The Labute approximate surface area is 67.3 Å². The molecule has 0 fully saturated rings. The predicted octanol–water partition coefficient (Wildman–Crippen LogP) is 0.484. The van der Waals surface area contributed by atoms with Crippen molar-refractivity contribution in [2.45, 2.75) is 12.2 Å². The number of aliphatic hydroxyl groups is 2. The zero-order valence-corrected chi connectivity index (χ0v) is 5.98. The third-order valence-corrected chi connectivity index (χ3v) is 1.35. The Bertz CT molecular complexity index is 251. The molecule has 0 saturated heterocycles. The molecular weight excluding hydrogens is 168 g/mol. The van der Waals surface area contributed by atoms with Crippen molar-refractivity contribution in [3.05, 3.63) is 30.1 Å². The van der Waals surface area contributed by atoms with Crippen LogP contribution < -0.4 is 0 Å². The summed E-state index contributed by atoms with van der Waals surface area (Å²) in [4.78, 5) is 3.39. The molecule has 1 aromatic heterocycles. The van der Waals surface area contributed by atoms with Crippen LogP contribution in [0.15, 0.2) is 24.4 Å². The molecule has 0 amide bonds. The first-order valence-electron chi connectivity index (χ1n) is 3.19. The van der Waals surface area contributed by atoms with E-state index in [1.54, 1.807) is 0 Å². The van der Waals surface area contributed by atoms with E-state index in [1.165, 1.54) is 18.3 Å². The van der Waals surface area contributed by atoms with E-state index in [9.17, 15) is 8.78 Å². The molecule has 0 spiro atoms. The average molecular weight is 175 g/mol. The third kappa shape index (κ3) is 1.57. The predicted molar refractivity (Wildman–Crippen MR) is 36.4 cm³/mol. The molecule has 66 valence electrons. The first-order valence-corrected chi connectivity index (χ1v) is 3.19. The van der Waals surface area contributed by atoms with E-state index < -0.39 is 17.9 Å². The van der Waals surface area contributed by atoms with Gasteiger partial charge in [0.2, 0.25) is 0 Å². The third-order valence-electron chi connectivity index (χ3n) is 1.35. The number of pyridine rings is 1. The highest BCUT2D eigenvalue weighted by Gasteiger charge is 2.38. The van der Waals surface area contributed by atoms with E-state index in [0.29, 0.717) is 0 Å². The lowest BCUT2D eigenvalue weighted by molar-refractivity contribution is -0.251. The van der Waals surface area contributed by atoms with Crippen molar-refractivity contribution < 1.29 is 19.0 Å². The van der Waals surface area contributed by atoms with Crippen molar-refractivity contribution in [2.24, 2.45) is 0 Å². The minimum atomic E-state index is -3.27. The first-order chi connectivity index (χ1) is 5.55. The maximum absolute atomic E-state index is 12.0. The molecule has 3 nitrogen and oxygen atoms in total. The Balaban J connectivity index is 2.98. The van der Waals surface area contributed by atoms with Gasteiger partial charge in [0.1, 0.15) is 5.69 Å². The van der Waals surface area contributed by atoms with E-state index >= 15 is 0 Å². The zero-order valence-electron chi connectivity index (χ0n) is 5.98. The van der Waals surface area contributed by atoms with Crippen LogP contribution in [0.5, 0.6) is 0 Å². The highest BCUT2D eigenvalue weighted by atomic mass is 19.3. The van der Waals surface area contributed by atoms with Gasteiger partial charge in [-0.2, -0.15) is 0 Å². The Hall–Kier alpha value is -1.07. The molecule has 1 rings (SSSR count). The van der Waals surface area contributed by atoms with Crippen molar-refractivity contribution in [1.29, 1.82) is 0 Å². The molecule has 0 unspecified atom stereocenters. The molecule has 0 atom stereocenters.